The quantitative estimate of drug-likeness (QED) is 0.381. The van der Waals surface area contributed by atoms with Gasteiger partial charge in [-0.2, -0.15) is 0 Å². The van der Waals surface area contributed by atoms with Gasteiger partial charge in [0.1, 0.15) is 11.4 Å². The Morgan fingerprint density at radius 1 is 1.20 bits per heavy atom. The summed E-state index contributed by atoms with van der Waals surface area (Å²) in [5.74, 6) is -1.78. The Labute approximate surface area is 236 Å². The molecule has 2 aromatic rings. The van der Waals surface area contributed by atoms with Crippen molar-refractivity contribution in [1.82, 2.24) is 9.97 Å². The van der Waals surface area contributed by atoms with Crippen molar-refractivity contribution in [3.05, 3.63) is 47.4 Å². The lowest BCUT2D eigenvalue weighted by Crippen LogP contribution is -2.45. The van der Waals surface area contributed by atoms with E-state index in [0.717, 1.165) is 10.6 Å². The molecule has 0 N–H and O–H groups in total. The Balaban J connectivity index is 2.04. The van der Waals surface area contributed by atoms with E-state index < -0.39 is 39.4 Å². The van der Waals surface area contributed by atoms with E-state index in [1.807, 2.05) is 46.8 Å². The Kier molecular flexibility index (Phi) is 9.43. The molecule has 40 heavy (non-hydrogen) atoms. The zero-order chi connectivity index (χ0) is 30.0. The number of esters is 1. The van der Waals surface area contributed by atoms with Crippen molar-refractivity contribution in [2.45, 2.75) is 90.8 Å². The lowest BCUT2D eigenvalue weighted by Gasteiger charge is -2.39. The number of carbonyl (C=O) groups is 1. The summed E-state index contributed by atoms with van der Waals surface area (Å²) in [5.41, 5.74) is 1.73. The average Bonchev–Trinajstić information content (AvgIpc) is 2.79. The number of sulfonamides is 1. The number of carbonyl (C=O) groups excluding carboxylic acids is 1. The number of anilines is 1. The van der Waals surface area contributed by atoms with Crippen molar-refractivity contribution in [3.63, 3.8) is 0 Å². The highest BCUT2D eigenvalue weighted by Crippen LogP contribution is 2.34. The van der Waals surface area contributed by atoms with Crippen molar-refractivity contribution in [1.29, 1.82) is 0 Å². The molecule has 0 spiro atoms. The van der Waals surface area contributed by atoms with E-state index in [1.165, 1.54) is 19.2 Å². The zero-order valence-corrected chi connectivity index (χ0v) is 25.5. The largest absolute Gasteiger partial charge is 0.460 e. The number of hydrogen-bond acceptors (Lipinski definition) is 8. The monoisotopic (exact) mass is 577 g/mol. The second-order valence-electron chi connectivity index (χ2n) is 11.7. The van der Waals surface area contributed by atoms with Crippen LogP contribution in [0.3, 0.4) is 0 Å². The van der Waals surface area contributed by atoms with Crippen LogP contribution >= 0.6 is 0 Å². The summed E-state index contributed by atoms with van der Waals surface area (Å²) >= 11 is 0. The summed E-state index contributed by atoms with van der Waals surface area (Å²) in [6.45, 7) is 12.9. The van der Waals surface area contributed by atoms with E-state index in [1.54, 1.807) is 26.0 Å². The van der Waals surface area contributed by atoms with Crippen LogP contribution in [-0.2, 0) is 29.0 Å². The fraction of sp³-hybridized carbons (Fsp3) is 0.552. The minimum Gasteiger partial charge on any atom is -0.460 e. The molecule has 0 radical (unpaired) electrons. The van der Waals surface area contributed by atoms with E-state index in [-0.39, 0.29) is 24.3 Å². The third-order valence-corrected chi connectivity index (χ3v) is 7.24. The SMILES string of the molecule is CC(C)c1nc(N(C)S(C)(=O)=O)nc(-c2ccc(F)cc2)c1/C=C/C1CC(CC(=O)OC(C)(C)C)OC(C)(C)O1. The van der Waals surface area contributed by atoms with Gasteiger partial charge in [-0.05, 0) is 64.8 Å². The van der Waals surface area contributed by atoms with E-state index >= 15 is 0 Å². The molecule has 1 aliphatic heterocycles. The maximum absolute atomic E-state index is 13.8. The van der Waals surface area contributed by atoms with E-state index in [9.17, 15) is 17.6 Å². The van der Waals surface area contributed by atoms with Gasteiger partial charge in [-0.1, -0.05) is 26.0 Å². The summed E-state index contributed by atoms with van der Waals surface area (Å²) in [4.78, 5) is 21.7. The van der Waals surface area contributed by atoms with Gasteiger partial charge in [0.15, 0.2) is 5.79 Å². The van der Waals surface area contributed by atoms with Gasteiger partial charge in [0.2, 0.25) is 16.0 Å². The fourth-order valence-electron chi connectivity index (χ4n) is 4.36. The fourth-order valence-corrected chi connectivity index (χ4v) is 4.74. The first-order valence-electron chi connectivity index (χ1n) is 13.2. The molecule has 1 saturated heterocycles. The number of ether oxygens (including phenoxy) is 3. The molecule has 1 aromatic carbocycles. The van der Waals surface area contributed by atoms with Crippen LogP contribution in [0.4, 0.5) is 10.3 Å². The van der Waals surface area contributed by atoms with Gasteiger partial charge in [0, 0.05) is 24.6 Å². The lowest BCUT2D eigenvalue weighted by atomic mass is 9.97. The van der Waals surface area contributed by atoms with Crippen LogP contribution in [0.25, 0.3) is 17.3 Å². The van der Waals surface area contributed by atoms with Crippen molar-refractivity contribution in [2.75, 3.05) is 17.6 Å². The van der Waals surface area contributed by atoms with Gasteiger partial charge >= 0.3 is 5.97 Å². The Morgan fingerprint density at radius 2 is 1.82 bits per heavy atom. The summed E-state index contributed by atoms with van der Waals surface area (Å²) in [6.07, 6.45) is 4.46. The highest BCUT2D eigenvalue weighted by atomic mass is 32.2. The highest BCUT2D eigenvalue weighted by Gasteiger charge is 2.36. The maximum atomic E-state index is 13.8. The molecule has 1 aliphatic rings. The molecule has 0 saturated carbocycles. The second-order valence-corrected chi connectivity index (χ2v) is 13.8. The van der Waals surface area contributed by atoms with Gasteiger partial charge in [-0.3, -0.25) is 4.79 Å². The molecule has 1 aromatic heterocycles. The van der Waals surface area contributed by atoms with E-state index in [4.69, 9.17) is 14.2 Å². The van der Waals surface area contributed by atoms with Crippen molar-refractivity contribution in [2.24, 2.45) is 0 Å². The summed E-state index contributed by atoms with van der Waals surface area (Å²) < 4.78 is 57.0. The molecular formula is C29H40FN3O6S. The molecule has 9 nitrogen and oxygen atoms in total. The number of halogens is 1. The van der Waals surface area contributed by atoms with Gasteiger partial charge in [-0.15, -0.1) is 0 Å². The van der Waals surface area contributed by atoms with Gasteiger partial charge < -0.3 is 14.2 Å². The average molecular weight is 578 g/mol. The Hall–Kier alpha value is -2.89. The predicted octanol–water partition coefficient (Wildman–Crippen LogP) is 5.46. The maximum Gasteiger partial charge on any atom is 0.308 e. The molecule has 0 amide bonds. The third-order valence-electron chi connectivity index (χ3n) is 6.08. The van der Waals surface area contributed by atoms with Gasteiger partial charge in [-0.25, -0.2) is 27.1 Å². The first kappa shape index (κ1) is 31.6. The van der Waals surface area contributed by atoms with Crippen LogP contribution in [0, 0.1) is 5.82 Å². The standard InChI is InChI=1S/C29H40FN3O6S/c1-18(2)25-23(15-14-21-16-22(38-29(6,7)37-21)17-24(34)39-28(3,4)5)26(19-10-12-20(30)13-11-19)32-27(31-25)33(8)40(9,35)36/h10-15,18,21-22H,16-17H2,1-9H3/b15-14+. The molecule has 11 heteroatoms. The topological polar surface area (TPSA) is 108 Å². The molecular weight excluding hydrogens is 537 g/mol. The molecule has 2 heterocycles. The van der Waals surface area contributed by atoms with Gasteiger partial charge in [0.25, 0.3) is 0 Å². The number of benzene rings is 1. The Bertz CT molecular complexity index is 1350. The highest BCUT2D eigenvalue weighted by molar-refractivity contribution is 7.92. The molecule has 2 atom stereocenters. The molecule has 1 fully saturated rings. The summed E-state index contributed by atoms with van der Waals surface area (Å²) in [6, 6.07) is 5.83. The number of rotatable bonds is 8. The molecule has 3 rings (SSSR count). The molecule has 0 bridgehead atoms. The third kappa shape index (κ3) is 8.55. The van der Waals surface area contributed by atoms with E-state index in [0.29, 0.717) is 28.9 Å². The normalized spacial score (nSPS) is 19.7. The molecule has 2 unspecified atom stereocenters. The van der Waals surface area contributed by atoms with Crippen LogP contribution in [0.5, 0.6) is 0 Å². The zero-order valence-electron chi connectivity index (χ0n) is 24.7. The lowest BCUT2D eigenvalue weighted by molar-refractivity contribution is -0.290. The predicted molar refractivity (Wildman–Crippen MR) is 153 cm³/mol. The van der Waals surface area contributed by atoms with E-state index in [2.05, 4.69) is 9.97 Å². The first-order chi connectivity index (χ1) is 18.3. The summed E-state index contributed by atoms with van der Waals surface area (Å²) in [5, 5.41) is 0. The second kappa shape index (κ2) is 11.9. The number of nitrogens with zero attached hydrogens (tertiary/aromatic N) is 3. The first-order valence-corrected chi connectivity index (χ1v) is 15.1. The molecule has 0 aliphatic carbocycles. The Morgan fingerprint density at radius 3 is 2.38 bits per heavy atom. The number of hydrogen-bond donors (Lipinski definition) is 0. The van der Waals surface area contributed by atoms with Crippen LogP contribution in [0.2, 0.25) is 0 Å². The van der Waals surface area contributed by atoms with Crippen LogP contribution in [-0.4, -0.2) is 61.3 Å². The minimum atomic E-state index is -3.63. The van der Waals surface area contributed by atoms with Crippen molar-refractivity contribution >= 4 is 28.0 Å². The smallest absolute Gasteiger partial charge is 0.308 e. The van der Waals surface area contributed by atoms with Crippen LogP contribution in [0.1, 0.15) is 78.5 Å². The molecule has 220 valence electrons. The van der Waals surface area contributed by atoms with Crippen LogP contribution in [0.15, 0.2) is 30.3 Å². The minimum absolute atomic E-state index is 0.0172. The van der Waals surface area contributed by atoms with Crippen LogP contribution < -0.4 is 4.31 Å². The van der Waals surface area contributed by atoms with Crippen molar-refractivity contribution < 1.29 is 31.8 Å². The number of aromatic nitrogens is 2. The van der Waals surface area contributed by atoms with Gasteiger partial charge in [0.05, 0.1) is 36.3 Å². The van der Waals surface area contributed by atoms with Crippen molar-refractivity contribution in [3.8, 4) is 11.3 Å². The summed E-state index contributed by atoms with van der Waals surface area (Å²) in [7, 11) is -2.24.